The molecule has 0 radical (unpaired) electrons. The zero-order chi connectivity index (χ0) is 10.8. The second kappa shape index (κ2) is 4.61. The maximum atomic E-state index is 4.37. The summed E-state index contributed by atoms with van der Waals surface area (Å²) in [5.74, 6) is 3.27. The van der Waals surface area contributed by atoms with Crippen molar-refractivity contribution in [1.29, 1.82) is 0 Å². The van der Waals surface area contributed by atoms with Gasteiger partial charge in [-0.05, 0) is 47.5 Å². The van der Waals surface area contributed by atoms with Gasteiger partial charge in [-0.2, -0.15) is 12.6 Å². The molecule has 0 bridgehead atoms. The van der Waals surface area contributed by atoms with Gasteiger partial charge in [-0.3, -0.25) is 0 Å². The van der Waals surface area contributed by atoms with E-state index in [9.17, 15) is 0 Å². The minimum Gasteiger partial charge on any atom is -0.179 e. The summed E-state index contributed by atoms with van der Waals surface area (Å²) in [5.41, 5.74) is 3.15. The van der Waals surface area contributed by atoms with Crippen LogP contribution in [0.3, 0.4) is 0 Å². The molecule has 3 atom stereocenters. The normalized spacial score (nSPS) is 29.9. The lowest BCUT2D eigenvalue weighted by molar-refractivity contribution is 0.372. The topological polar surface area (TPSA) is 0 Å². The van der Waals surface area contributed by atoms with Gasteiger partial charge in [0, 0.05) is 0 Å². The molecule has 0 nitrogen and oxygen atoms in total. The van der Waals surface area contributed by atoms with Gasteiger partial charge in [0.2, 0.25) is 0 Å². The fourth-order valence-corrected chi connectivity index (χ4v) is 3.12. The van der Waals surface area contributed by atoms with Gasteiger partial charge in [0.1, 0.15) is 0 Å². The molecule has 1 aliphatic carbocycles. The van der Waals surface area contributed by atoms with E-state index in [0.29, 0.717) is 0 Å². The lowest BCUT2D eigenvalue weighted by Gasteiger charge is -2.34. The van der Waals surface area contributed by atoms with Crippen molar-refractivity contribution in [2.45, 2.75) is 38.5 Å². The van der Waals surface area contributed by atoms with Crippen LogP contribution in [0.4, 0.5) is 0 Å². The summed E-state index contributed by atoms with van der Waals surface area (Å²) in [6.45, 7) is 4.74. The SMILES string of the molecule is CC1CC(CCS)c2ccccc2C1C. The number of hydrogen-bond acceptors (Lipinski definition) is 1. The molecule has 15 heavy (non-hydrogen) atoms. The van der Waals surface area contributed by atoms with Crippen LogP contribution in [0.5, 0.6) is 0 Å². The van der Waals surface area contributed by atoms with E-state index in [0.717, 1.165) is 23.5 Å². The third-order valence-corrected chi connectivity index (χ3v) is 4.17. The third kappa shape index (κ3) is 2.08. The zero-order valence-corrected chi connectivity index (χ0v) is 10.5. The Morgan fingerprint density at radius 3 is 2.53 bits per heavy atom. The standard InChI is InChI=1S/C14H20S/c1-10-9-12(7-8-15)14-6-4-3-5-13(14)11(10)2/h3-6,10-12,15H,7-9H2,1-2H3. The van der Waals surface area contributed by atoms with Gasteiger partial charge in [-0.25, -0.2) is 0 Å². The Hall–Kier alpha value is -0.430. The summed E-state index contributed by atoms with van der Waals surface area (Å²) < 4.78 is 0. The van der Waals surface area contributed by atoms with Crippen LogP contribution in [0.15, 0.2) is 24.3 Å². The largest absolute Gasteiger partial charge is 0.179 e. The minimum absolute atomic E-state index is 0.720. The van der Waals surface area contributed by atoms with Crippen molar-refractivity contribution in [2.24, 2.45) is 5.92 Å². The van der Waals surface area contributed by atoms with E-state index in [1.165, 1.54) is 12.8 Å². The number of benzene rings is 1. The number of rotatable bonds is 2. The van der Waals surface area contributed by atoms with Crippen LogP contribution in [0, 0.1) is 5.92 Å². The Morgan fingerprint density at radius 1 is 1.20 bits per heavy atom. The van der Waals surface area contributed by atoms with Crippen molar-refractivity contribution in [3.63, 3.8) is 0 Å². The summed E-state index contributed by atoms with van der Waals surface area (Å²) in [5, 5.41) is 0. The molecule has 0 heterocycles. The monoisotopic (exact) mass is 220 g/mol. The van der Waals surface area contributed by atoms with E-state index < -0.39 is 0 Å². The Labute approximate surface area is 98.5 Å². The maximum absolute atomic E-state index is 4.37. The second-order valence-electron chi connectivity index (χ2n) is 4.84. The van der Waals surface area contributed by atoms with E-state index in [2.05, 4.69) is 50.7 Å². The Balaban J connectivity index is 2.36. The summed E-state index contributed by atoms with van der Waals surface area (Å²) in [6.07, 6.45) is 2.55. The van der Waals surface area contributed by atoms with Crippen LogP contribution in [0.2, 0.25) is 0 Å². The molecular formula is C14H20S. The molecule has 0 aliphatic heterocycles. The summed E-state index contributed by atoms with van der Waals surface area (Å²) >= 11 is 4.37. The fraction of sp³-hybridized carbons (Fsp3) is 0.571. The van der Waals surface area contributed by atoms with Crippen LogP contribution in [0.25, 0.3) is 0 Å². The molecule has 82 valence electrons. The van der Waals surface area contributed by atoms with Crippen LogP contribution in [0.1, 0.15) is 49.7 Å². The van der Waals surface area contributed by atoms with E-state index in [1.54, 1.807) is 11.1 Å². The molecule has 1 aliphatic rings. The van der Waals surface area contributed by atoms with Crippen molar-refractivity contribution in [3.8, 4) is 0 Å². The molecule has 0 saturated heterocycles. The Morgan fingerprint density at radius 2 is 1.87 bits per heavy atom. The van der Waals surface area contributed by atoms with Gasteiger partial charge in [0.05, 0.1) is 0 Å². The molecule has 0 N–H and O–H groups in total. The van der Waals surface area contributed by atoms with Gasteiger partial charge >= 0.3 is 0 Å². The highest BCUT2D eigenvalue weighted by molar-refractivity contribution is 7.80. The Bertz CT molecular complexity index is 332. The number of thiol groups is 1. The molecular weight excluding hydrogens is 200 g/mol. The minimum atomic E-state index is 0.720. The first-order valence-electron chi connectivity index (χ1n) is 5.93. The fourth-order valence-electron chi connectivity index (χ4n) is 2.81. The van der Waals surface area contributed by atoms with Crippen molar-refractivity contribution in [1.82, 2.24) is 0 Å². The zero-order valence-electron chi connectivity index (χ0n) is 9.61. The predicted octanol–water partition coefficient (Wildman–Crippen LogP) is 4.23. The second-order valence-corrected chi connectivity index (χ2v) is 5.29. The Kier molecular flexibility index (Phi) is 3.40. The molecule has 0 amide bonds. The molecule has 0 saturated carbocycles. The summed E-state index contributed by atoms with van der Waals surface area (Å²) in [4.78, 5) is 0. The van der Waals surface area contributed by atoms with E-state index in [4.69, 9.17) is 0 Å². The summed E-state index contributed by atoms with van der Waals surface area (Å²) in [7, 11) is 0. The van der Waals surface area contributed by atoms with E-state index >= 15 is 0 Å². The predicted molar refractivity (Wildman–Crippen MR) is 69.8 cm³/mol. The van der Waals surface area contributed by atoms with Crippen molar-refractivity contribution in [2.75, 3.05) is 5.75 Å². The average molecular weight is 220 g/mol. The van der Waals surface area contributed by atoms with Crippen molar-refractivity contribution in [3.05, 3.63) is 35.4 Å². The van der Waals surface area contributed by atoms with Gasteiger partial charge in [0.25, 0.3) is 0 Å². The van der Waals surface area contributed by atoms with Gasteiger partial charge in [0.15, 0.2) is 0 Å². The molecule has 1 aromatic rings. The first kappa shape index (κ1) is 11.1. The molecule has 0 spiro atoms. The van der Waals surface area contributed by atoms with Gasteiger partial charge in [-0.15, -0.1) is 0 Å². The smallest absolute Gasteiger partial charge is 0.00921 e. The highest BCUT2D eigenvalue weighted by Gasteiger charge is 2.28. The summed E-state index contributed by atoms with van der Waals surface area (Å²) in [6, 6.07) is 8.96. The quantitative estimate of drug-likeness (QED) is 0.708. The number of hydrogen-bond donors (Lipinski definition) is 1. The van der Waals surface area contributed by atoms with Gasteiger partial charge in [-0.1, -0.05) is 38.1 Å². The highest BCUT2D eigenvalue weighted by atomic mass is 32.1. The first-order chi connectivity index (χ1) is 7.24. The van der Waals surface area contributed by atoms with E-state index in [-0.39, 0.29) is 0 Å². The maximum Gasteiger partial charge on any atom is -0.00921 e. The molecule has 1 heteroatoms. The van der Waals surface area contributed by atoms with Crippen molar-refractivity contribution < 1.29 is 0 Å². The molecule has 3 unspecified atom stereocenters. The molecule has 0 fully saturated rings. The molecule has 0 aromatic heterocycles. The molecule has 1 aromatic carbocycles. The third-order valence-electron chi connectivity index (χ3n) is 3.91. The first-order valence-corrected chi connectivity index (χ1v) is 6.57. The van der Waals surface area contributed by atoms with Crippen LogP contribution >= 0.6 is 12.6 Å². The van der Waals surface area contributed by atoms with Crippen molar-refractivity contribution >= 4 is 12.6 Å². The lowest BCUT2D eigenvalue weighted by atomic mass is 9.71. The molecule has 2 rings (SSSR count). The highest BCUT2D eigenvalue weighted by Crippen LogP contribution is 2.43. The van der Waals surface area contributed by atoms with Crippen LogP contribution in [-0.2, 0) is 0 Å². The number of fused-ring (bicyclic) bond motifs is 1. The van der Waals surface area contributed by atoms with Crippen LogP contribution in [-0.4, -0.2) is 5.75 Å². The lowest BCUT2D eigenvalue weighted by Crippen LogP contribution is -2.20. The van der Waals surface area contributed by atoms with E-state index in [1.807, 2.05) is 0 Å². The van der Waals surface area contributed by atoms with Crippen LogP contribution < -0.4 is 0 Å². The van der Waals surface area contributed by atoms with Gasteiger partial charge < -0.3 is 0 Å². The average Bonchev–Trinajstić information content (AvgIpc) is 2.26.